The molecule has 2 rings (SSSR count). The van der Waals surface area contributed by atoms with Crippen molar-refractivity contribution in [2.75, 3.05) is 7.11 Å². The molecule has 0 aliphatic rings. The summed E-state index contributed by atoms with van der Waals surface area (Å²) in [4.78, 5) is 11.8. The normalized spacial score (nSPS) is 12.1. The highest BCUT2D eigenvalue weighted by molar-refractivity contribution is 5.77. The molecule has 0 radical (unpaired) electrons. The van der Waals surface area contributed by atoms with Gasteiger partial charge >= 0.3 is 5.97 Å². The molecule has 1 unspecified atom stereocenters. The molecule has 4 nitrogen and oxygen atoms in total. The molecule has 0 fully saturated rings. The van der Waals surface area contributed by atoms with Gasteiger partial charge in [0.1, 0.15) is 11.8 Å². The van der Waals surface area contributed by atoms with E-state index in [4.69, 9.17) is 9.15 Å². The molecule has 0 aliphatic heterocycles. The minimum absolute atomic E-state index is 0.310. The van der Waals surface area contributed by atoms with Crippen LogP contribution in [0, 0.1) is 6.92 Å². The van der Waals surface area contributed by atoms with Crippen molar-refractivity contribution in [1.82, 2.24) is 5.32 Å². The summed E-state index contributed by atoms with van der Waals surface area (Å²) < 4.78 is 10.2. The van der Waals surface area contributed by atoms with Crippen molar-refractivity contribution in [2.45, 2.75) is 19.5 Å². The van der Waals surface area contributed by atoms with Gasteiger partial charge in [-0.3, -0.25) is 5.32 Å². The first-order valence-electron chi connectivity index (χ1n) is 6.11. The first kappa shape index (κ1) is 13.4. The zero-order valence-corrected chi connectivity index (χ0v) is 11.1. The number of nitrogens with one attached hydrogen (secondary N) is 1. The topological polar surface area (TPSA) is 51.5 Å². The molecule has 19 heavy (non-hydrogen) atoms. The second-order valence-electron chi connectivity index (χ2n) is 4.27. The SMILES string of the molecule is COC(=O)C(NCc1occc1C)c1ccccc1. The fourth-order valence-corrected chi connectivity index (χ4v) is 1.88. The van der Waals surface area contributed by atoms with Gasteiger partial charge in [-0.1, -0.05) is 30.3 Å². The predicted molar refractivity (Wildman–Crippen MR) is 71.5 cm³/mol. The molecule has 0 saturated heterocycles. The highest BCUT2D eigenvalue weighted by Crippen LogP contribution is 2.16. The van der Waals surface area contributed by atoms with Crippen molar-refractivity contribution in [2.24, 2.45) is 0 Å². The van der Waals surface area contributed by atoms with Gasteiger partial charge in [-0.15, -0.1) is 0 Å². The first-order valence-corrected chi connectivity index (χ1v) is 6.11. The van der Waals surface area contributed by atoms with Crippen LogP contribution in [0.4, 0.5) is 0 Å². The van der Waals surface area contributed by atoms with E-state index in [1.807, 2.05) is 43.3 Å². The zero-order chi connectivity index (χ0) is 13.7. The third-order valence-corrected chi connectivity index (χ3v) is 3.00. The number of benzene rings is 1. The number of hydrogen-bond donors (Lipinski definition) is 1. The number of hydrogen-bond acceptors (Lipinski definition) is 4. The van der Waals surface area contributed by atoms with Crippen LogP contribution in [0.15, 0.2) is 47.1 Å². The molecule has 1 aromatic carbocycles. The lowest BCUT2D eigenvalue weighted by Gasteiger charge is -2.16. The standard InChI is InChI=1S/C15H17NO3/c1-11-8-9-19-13(11)10-16-14(15(17)18-2)12-6-4-3-5-7-12/h3-9,14,16H,10H2,1-2H3. The maximum atomic E-state index is 11.8. The number of carbonyl (C=O) groups is 1. The third kappa shape index (κ3) is 3.23. The lowest BCUT2D eigenvalue weighted by atomic mass is 10.1. The van der Waals surface area contributed by atoms with E-state index in [2.05, 4.69) is 5.32 Å². The minimum Gasteiger partial charge on any atom is -0.468 e. The number of esters is 1. The molecule has 1 heterocycles. The van der Waals surface area contributed by atoms with Gasteiger partial charge in [-0.2, -0.15) is 0 Å². The van der Waals surface area contributed by atoms with Crippen LogP contribution >= 0.6 is 0 Å². The Morgan fingerprint density at radius 2 is 2.05 bits per heavy atom. The van der Waals surface area contributed by atoms with E-state index in [0.29, 0.717) is 6.54 Å². The van der Waals surface area contributed by atoms with Gasteiger partial charge in [0.15, 0.2) is 0 Å². The summed E-state index contributed by atoms with van der Waals surface area (Å²) >= 11 is 0. The molecule has 0 spiro atoms. The smallest absolute Gasteiger partial charge is 0.327 e. The van der Waals surface area contributed by atoms with Crippen molar-refractivity contribution >= 4 is 5.97 Å². The lowest BCUT2D eigenvalue weighted by molar-refractivity contribution is -0.143. The van der Waals surface area contributed by atoms with Gasteiger partial charge in [0.05, 0.1) is 19.9 Å². The first-order chi connectivity index (χ1) is 9.22. The van der Waals surface area contributed by atoms with E-state index in [-0.39, 0.29) is 5.97 Å². The summed E-state index contributed by atoms with van der Waals surface area (Å²) in [6.45, 7) is 2.45. The number of carbonyl (C=O) groups excluding carboxylic acids is 1. The molecular formula is C15H17NO3. The van der Waals surface area contributed by atoms with Crippen LogP contribution in [-0.2, 0) is 16.1 Å². The molecule has 100 valence electrons. The highest BCUT2D eigenvalue weighted by Gasteiger charge is 2.21. The third-order valence-electron chi connectivity index (χ3n) is 3.00. The lowest BCUT2D eigenvalue weighted by Crippen LogP contribution is -2.29. The molecule has 1 atom stereocenters. The molecule has 1 N–H and O–H groups in total. The Morgan fingerprint density at radius 3 is 2.63 bits per heavy atom. The molecule has 0 bridgehead atoms. The molecule has 0 aliphatic carbocycles. The van der Waals surface area contributed by atoms with E-state index in [0.717, 1.165) is 16.9 Å². The summed E-state index contributed by atoms with van der Waals surface area (Å²) in [6.07, 6.45) is 1.64. The Hall–Kier alpha value is -2.07. The molecule has 0 amide bonds. The number of rotatable bonds is 5. The molecule has 4 heteroatoms. The van der Waals surface area contributed by atoms with Gasteiger partial charge in [0, 0.05) is 0 Å². The Kier molecular flexibility index (Phi) is 4.36. The summed E-state index contributed by atoms with van der Waals surface area (Å²) in [5.41, 5.74) is 1.93. The quantitative estimate of drug-likeness (QED) is 0.838. The summed E-state index contributed by atoms with van der Waals surface area (Å²) in [5.74, 6) is 0.514. The Balaban J connectivity index is 2.11. The van der Waals surface area contributed by atoms with E-state index in [1.54, 1.807) is 6.26 Å². The van der Waals surface area contributed by atoms with Crippen molar-refractivity contribution in [3.63, 3.8) is 0 Å². The molecule has 0 saturated carbocycles. The fourth-order valence-electron chi connectivity index (χ4n) is 1.88. The Labute approximate surface area is 112 Å². The minimum atomic E-state index is -0.490. The largest absolute Gasteiger partial charge is 0.468 e. The van der Waals surface area contributed by atoms with Crippen LogP contribution in [0.5, 0.6) is 0 Å². The number of furan rings is 1. The fraction of sp³-hybridized carbons (Fsp3) is 0.267. The van der Waals surface area contributed by atoms with E-state index in [1.165, 1.54) is 7.11 Å². The summed E-state index contributed by atoms with van der Waals surface area (Å²) in [5, 5.41) is 3.16. The van der Waals surface area contributed by atoms with Crippen LogP contribution < -0.4 is 5.32 Å². The van der Waals surface area contributed by atoms with Crippen LogP contribution in [0.2, 0.25) is 0 Å². The van der Waals surface area contributed by atoms with Crippen molar-refractivity contribution in [1.29, 1.82) is 0 Å². The number of ether oxygens (including phenoxy) is 1. The summed E-state index contributed by atoms with van der Waals surface area (Å²) in [7, 11) is 1.39. The maximum Gasteiger partial charge on any atom is 0.327 e. The van der Waals surface area contributed by atoms with Gasteiger partial charge in [0.25, 0.3) is 0 Å². The Bertz CT molecular complexity index is 533. The van der Waals surface area contributed by atoms with Crippen LogP contribution in [-0.4, -0.2) is 13.1 Å². The molecule has 1 aromatic heterocycles. The maximum absolute atomic E-state index is 11.8. The van der Waals surface area contributed by atoms with Gasteiger partial charge in [-0.25, -0.2) is 4.79 Å². The molecular weight excluding hydrogens is 242 g/mol. The second-order valence-corrected chi connectivity index (χ2v) is 4.27. The number of aryl methyl sites for hydroxylation is 1. The van der Waals surface area contributed by atoms with Crippen LogP contribution in [0.3, 0.4) is 0 Å². The van der Waals surface area contributed by atoms with Crippen molar-refractivity contribution < 1.29 is 13.9 Å². The highest BCUT2D eigenvalue weighted by atomic mass is 16.5. The molecule has 2 aromatic rings. The van der Waals surface area contributed by atoms with Crippen LogP contribution in [0.1, 0.15) is 22.9 Å². The van der Waals surface area contributed by atoms with E-state index in [9.17, 15) is 4.79 Å². The zero-order valence-electron chi connectivity index (χ0n) is 11.1. The monoisotopic (exact) mass is 259 g/mol. The predicted octanol–water partition coefficient (Wildman–Crippen LogP) is 2.59. The average molecular weight is 259 g/mol. The Morgan fingerprint density at radius 1 is 1.32 bits per heavy atom. The van der Waals surface area contributed by atoms with Gasteiger partial charge in [0.2, 0.25) is 0 Å². The summed E-state index contributed by atoms with van der Waals surface area (Å²) in [6, 6.07) is 10.9. The van der Waals surface area contributed by atoms with Gasteiger partial charge in [-0.05, 0) is 24.1 Å². The number of methoxy groups -OCH3 is 1. The van der Waals surface area contributed by atoms with Crippen molar-refractivity contribution in [3.8, 4) is 0 Å². The van der Waals surface area contributed by atoms with Gasteiger partial charge < -0.3 is 9.15 Å². The average Bonchev–Trinajstić information content (AvgIpc) is 2.85. The van der Waals surface area contributed by atoms with Crippen molar-refractivity contribution in [3.05, 3.63) is 59.5 Å². The van der Waals surface area contributed by atoms with Crippen LogP contribution in [0.25, 0.3) is 0 Å². The van der Waals surface area contributed by atoms with E-state index < -0.39 is 6.04 Å². The second kappa shape index (κ2) is 6.20. The van der Waals surface area contributed by atoms with E-state index >= 15 is 0 Å².